The second kappa shape index (κ2) is 6.95. The molecule has 1 fully saturated rings. The van der Waals surface area contributed by atoms with Crippen molar-refractivity contribution >= 4 is 23.1 Å². The first kappa shape index (κ1) is 15.7. The van der Waals surface area contributed by atoms with Crippen molar-refractivity contribution < 1.29 is 9.53 Å². The van der Waals surface area contributed by atoms with Crippen LogP contribution in [0.5, 0.6) is 5.88 Å². The molecule has 1 unspecified atom stereocenters. The van der Waals surface area contributed by atoms with Gasteiger partial charge in [0.25, 0.3) is 5.88 Å². The highest BCUT2D eigenvalue weighted by Gasteiger charge is 2.30. The van der Waals surface area contributed by atoms with Crippen LogP contribution in [0, 0.1) is 0 Å². The lowest BCUT2D eigenvalue weighted by atomic mass is 10.2. The summed E-state index contributed by atoms with van der Waals surface area (Å²) < 4.78 is 5.28. The van der Waals surface area contributed by atoms with Crippen molar-refractivity contribution in [2.45, 2.75) is 18.9 Å². The number of hydrogen-bond acceptors (Lipinski definition) is 6. The van der Waals surface area contributed by atoms with Crippen LogP contribution in [-0.2, 0) is 11.2 Å². The van der Waals surface area contributed by atoms with Crippen molar-refractivity contribution in [3.63, 3.8) is 0 Å². The number of rotatable bonds is 5. The number of anilines is 1. The predicted molar refractivity (Wildman–Crippen MR) is 90.0 cm³/mol. The Morgan fingerprint density at radius 3 is 3.04 bits per heavy atom. The fraction of sp³-hybridized carbons (Fsp3) is 0.438. The first-order valence-corrected chi connectivity index (χ1v) is 8.45. The van der Waals surface area contributed by atoms with E-state index in [2.05, 4.69) is 14.9 Å². The molecule has 1 aliphatic heterocycles. The van der Waals surface area contributed by atoms with Gasteiger partial charge < -0.3 is 14.5 Å². The van der Waals surface area contributed by atoms with E-state index in [0.717, 1.165) is 30.2 Å². The topological polar surface area (TPSA) is 58.6 Å². The third-order valence-electron chi connectivity index (χ3n) is 4.15. The molecular formula is C16H20N4O2S. The number of nitrogens with zero attached hydrogens (tertiary/aromatic N) is 4. The van der Waals surface area contributed by atoms with Gasteiger partial charge in [-0.15, -0.1) is 11.3 Å². The molecule has 0 radical (unpaired) electrons. The second-order valence-corrected chi connectivity index (χ2v) is 6.57. The van der Waals surface area contributed by atoms with Gasteiger partial charge in [-0.2, -0.15) is 0 Å². The molecule has 0 spiro atoms. The van der Waals surface area contributed by atoms with Crippen molar-refractivity contribution in [3.05, 3.63) is 34.8 Å². The maximum atomic E-state index is 12.4. The van der Waals surface area contributed by atoms with Crippen LogP contribution in [0.15, 0.2) is 29.9 Å². The first-order valence-electron chi connectivity index (χ1n) is 7.57. The molecule has 3 rings (SSSR count). The van der Waals surface area contributed by atoms with Gasteiger partial charge >= 0.3 is 0 Å². The highest BCUT2D eigenvalue weighted by molar-refractivity contribution is 7.10. The van der Waals surface area contributed by atoms with Gasteiger partial charge in [-0.3, -0.25) is 4.79 Å². The molecule has 0 aromatic carbocycles. The van der Waals surface area contributed by atoms with E-state index in [1.54, 1.807) is 30.8 Å². The minimum Gasteiger partial charge on any atom is -0.478 e. The van der Waals surface area contributed by atoms with Crippen LogP contribution in [0.1, 0.15) is 11.3 Å². The molecule has 7 heteroatoms. The normalized spacial score (nSPS) is 17.3. The molecule has 122 valence electrons. The second-order valence-electron chi connectivity index (χ2n) is 5.54. The molecule has 2 aromatic heterocycles. The molecule has 0 saturated carbocycles. The van der Waals surface area contributed by atoms with Gasteiger partial charge in [0.05, 0.1) is 19.6 Å². The van der Waals surface area contributed by atoms with Crippen LogP contribution in [-0.4, -0.2) is 54.1 Å². The largest absolute Gasteiger partial charge is 0.478 e. The molecule has 0 bridgehead atoms. The average Bonchev–Trinajstić information content (AvgIpc) is 3.25. The smallest absolute Gasteiger partial charge is 0.257 e. The van der Waals surface area contributed by atoms with Crippen LogP contribution in [0.4, 0.5) is 5.82 Å². The van der Waals surface area contributed by atoms with E-state index in [0.29, 0.717) is 12.3 Å². The van der Waals surface area contributed by atoms with E-state index < -0.39 is 0 Å². The lowest BCUT2D eigenvalue weighted by Crippen LogP contribution is -2.39. The van der Waals surface area contributed by atoms with Crippen molar-refractivity contribution in [1.29, 1.82) is 0 Å². The zero-order valence-electron chi connectivity index (χ0n) is 13.3. The number of carbonyl (C=O) groups is 1. The molecule has 3 heterocycles. The zero-order valence-corrected chi connectivity index (χ0v) is 14.1. The number of aromatic nitrogens is 2. The summed E-state index contributed by atoms with van der Waals surface area (Å²) in [6, 6.07) is 4.17. The summed E-state index contributed by atoms with van der Waals surface area (Å²) in [5.74, 6) is 1.43. The van der Waals surface area contributed by atoms with Gasteiger partial charge in [0.1, 0.15) is 0 Å². The summed E-state index contributed by atoms with van der Waals surface area (Å²) >= 11 is 1.62. The number of ether oxygens (including phenoxy) is 1. The molecule has 1 atom stereocenters. The Morgan fingerprint density at radius 1 is 1.48 bits per heavy atom. The van der Waals surface area contributed by atoms with Crippen LogP contribution in [0.25, 0.3) is 0 Å². The van der Waals surface area contributed by atoms with Crippen molar-refractivity contribution in [2.75, 3.05) is 32.1 Å². The van der Waals surface area contributed by atoms with E-state index in [4.69, 9.17) is 4.74 Å². The Labute approximate surface area is 139 Å². The fourth-order valence-electron chi connectivity index (χ4n) is 2.82. The first-order chi connectivity index (χ1) is 11.2. The molecule has 2 aromatic rings. The van der Waals surface area contributed by atoms with E-state index >= 15 is 0 Å². The van der Waals surface area contributed by atoms with E-state index in [-0.39, 0.29) is 11.9 Å². The summed E-state index contributed by atoms with van der Waals surface area (Å²) in [4.78, 5) is 26.1. The average molecular weight is 332 g/mol. The molecule has 6 nitrogen and oxygen atoms in total. The van der Waals surface area contributed by atoms with Gasteiger partial charge in [-0.1, -0.05) is 6.07 Å². The molecular weight excluding hydrogens is 312 g/mol. The van der Waals surface area contributed by atoms with Crippen LogP contribution < -0.4 is 9.64 Å². The maximum absolute atomic E-state index is 12.4. The third-order valence-corrected chi connectivity index (χ3v) is 5.03. The van der Waals surface area contributed by atoms with Crippen molar-refractivity contribution in [1.82, 2.24) is 14.9 Å². The Morgan fingerprint density at radius 2 is 2.30 bits per heavy atom. The van der Waals surface area contributed by atoms with Crippen LogP contribution in [0.3, 0.4) is 0 Å². The number of methoxy groups -OCH3 is 1. The van der Waals surface area contributed by atoms with Gasteiger partial charge in [-0.05, 0) is 17.9 Å². The lowest BCUT2D eigenvalue weighted by Gasteiger charge is -2.25. The standard InChI is InChI=1S/C16H20N4O2S/c1-19(14(21)10-13-4-3-9-23-13)12-5-8-20(11-12)15-16(22-2)18-7-6-17-15/h3-4,6-7,9,12H,5,8,10-11H2,1-2H3. The Hall–Kier alpha value is -2.15. The van der Waals surface area contributed by atoms with E-state index in [9.17, 15) is 4.79 Å². The summed E-state index contributed by atoms with van der Waals surface area (Å²) in [6.07, 6.45) is 4.68. The summed E-state index contributed by atoms with van der Waals surface area (Å²) in [5.41, 5.74) is 0. The van der Waals surface area contributed by atoms with E-state index in [1.807, 2.05) is 29.5 Å². The van der Waals surface area contributed by atoms with Crippen molar-refractivity contribution in [2.24, 2.45) is 0 Å². The molecule has 1 aliphatic rings. The van der Waals surface area contributed by atoms with Crippen molar-refractivity contribution in [3.8, 4) is 5.88 Å². The van der Waals surface area contributed by atoms with E-state index in [1.165, 1.54) is 0 Å². The van der Waals surface area contributed by atoms with Gasteiger partial charge in [0, 0.05) is 37.4 Å². The predicted octanol–water partition coefficient (Wildman–Crippen LogP) is 1.83. The van der Waals surface area contributed by atoms with Crippen LogP contribution in [0.2, 0.25) is 0 Å². The lowest BCUT2D eigenvalue weighted by molar-refractivity contribution is -0.130. The third kappa shape index (κ3) is 3.44. The van der Waals surface area contributed by atoms with Gasteiger partial charge in [0.15, 0.2) is 5.82 Å². The number of hydrogen-bond donors (Lipinski definition) is 0. The minimum atomic E-state index is 0.158. The molecule has 1 saturated heterocycles. The molecule has 0 N–H and O–H groups in total. The van der Waals surface area contributed by atoms with Gasteiger partial charge in [-0.25, -0.2) is 9.97 Å². The monoisotopic (exact) mass is 332 g/mol. The number of likely N-dealkylation sites (N-methyl/N-ethyl adjacent to an activating group) is 1. The number of amides is 1. The molecule has 23 heavy (non-hydrogen) atoms. The fourth-order valence-corrected chi connectivity index (χ4v) is 3.52. The minimum absolute atomic E-state index is 0.158. The molecule has 1 amide bonds. The molecule has 0 aliphatic carbocycles. The van der Waals surface area contributed by atoms with Gasteiger partial charge in [0.2, 0.25) is 5.91 Å². The Balaban J connectivity index is 1.63. The summed E-state index contributed by atoms with van der Waals surface area (Å²) in [5, 5.41) is 2.00. The van der Waals surface area contributed by atoms with Crippen LogP contribution >= 0.6 is 11.3 Å². The zero-order chi connectivity index (χ0) is 16.2. The Kier molecular flexibility index (Phi) is 4.76. The highest BCUT2D eigenvalue weighted by atomic mass is 32.1. The summed E-state index contributed by atoms with van der Waals surface area (Å²) in [7, 11) is 3.48. The highest BCUT2D eigenvalue weighted by Crippen LogP contribution is 2.27. The maximum Gasteiger partial charge on any atom is 0.257 e. The number of thiophene rings is 1. The number of carbonyl (C=O) groups excluding carboxylic acids is 1. The SMILES string of the molecule is COc1nccnc1N1CCC(N(C)C(=O)Cc2cccs2)C1. The Bertz CT molecular complexity index is 662. The summed E-state index contributed by atoms with van der Waals surface area (Å²) in [6.45, 7) is 1.60. The quantitative estimate of drug-likeness (QED) is 0.836.